The van der Waals surface area contributed by atoms with Crippen molar-refractivity contribution in [3.05, 3.63) is 52.3 Å². The van der Waals surface area contributed by atoms with Gasteiger partial charge in [0.1, 0.15) is 11.8 Å². The van der Waals surface area contributed by atoms with Gasteiger partial charge < -0.3 is 20.7 Å². The van der Waals surface area contributed by atoms with E-state index in [1.165, 1.54) is 13.1 Å². The Hall–Kier alpha value is -2.58. The molecule has 31 heavy (non-hydrogen) atoms. The van der Waals surface area contributed by atoms with Gasteiger partial charge in [-0.2, -0.15) is 0 Å². The van der Waals surface area contributed by atoms with Crippen LogP contribution in [0.5, 0.6) is 11.5 Å². The maximum Gasteiger partial charge on any atom is 0.664 e. The number of aliphatic hydroxyl groups is 1. The Morgan fingerprint density at radius 2 is 1.97 bits per heavy atom. The Morgan fingerprint density at radius 1 is 1.29 bits per heavy atom. The number of rotatable bonds is 9. The molecular formula is C21H29N3O6P+. The van der Waals surface area contributed by atoms with E-state index < -0.39 is 26.2 Å². The number of ether oxygens (including phenoxy) is 1. The van der Waals surface area contributed by atoms with Crippen LogP contribution in [0.3, 0.4) is 0 Å². The molecule has 0 spiro atoms. The fraction of sp³-hybridized carbons (Fsp3) is 0.429. The third-order valence-corrected chi connectivity index (χ3v) is 5.59. The number of benzene rings is 1. The van der Waals surface area contributed by atoms with Crippen molar-refractivity contribution >= 4 is 14.1 Å². The smallest absolute Gasteiger partial charge is 0.506 e. The number of hydrogen-bond donors (Lipinski definition) is 4. The summed E-state index contributed by atoms with van der Waals surface area (Å²) in [6.45, 7) is 8.12. The number of carbonyl (C=O) groups excluding carboxylic acids is 1. The highest BCUT2D eigenvalue weighted by Gasteiger charge is 2.29. The zero-order chi connectivity index (χ0) is 23.3. The minimum absolute atomic E-state index is 0.0880. The normalized spacial score (nSPS) is 13.6. The van der Waals surface area contributed by atoms with Gasteiger partial charge in [0, 0.05) is 21.9 Å². The summed E-state index contributed by atoms with van der Waals surface area (Å²) < 4.78 is 22.9. The first-order valence-corrected chi connectivity index (χ1v) is 11.0. The molecule has 0 aliphatic carbocycles. The lowest BCUT2D eigenvalue weighted by Gasteiger charge is -2.20. The molecule has 0 aliphatic rings. The third-order valence-electron chi connectivity index (χ3n) is 4.62. The summed E-state index contributed by atoms with van der Waals surface area (Å²) in [4.78, 5) is 15.9. The predicted molar refractivity (Wildman–Crippen MR) is 116 cm³/mol. The van der Waals surface area contributed by atoms with Crippen molar-refractivity contribution in [3.63, 3.8) is 0 Å². The topological polar surface area (TPSA) is 144 Å². The zero-order valence-electron chi connectivity index (χ0n) is 18.2. The lowest BCUT2D eigenvalue weighted by atomic mass is 9.92. The highest BCUT2D eigenvalue weighted by Crippen LogP contribution is 2.36. The molecule has 0 radical (unpaired) electrons. The van der Waals surface area contributed by atoms with Crippen LogP contribution in [0.4, 0.5) is 0 Å². The summed E-state index contributed by atoms with van der Waals surface area (Å²) in [7, 11) is -2.41. The van der Waals surface area contributed by atoms with E-state index in [1.807, 2.05) is 6.92 Å². The fourth-order valence-electron chi connectivity index (χ4n) is 2.96. The number of aryl methyl sites for hydroxylation is 2. The predicted octanol–water partition coefficient (Wildman–Crippen LogP) is 2.91. The molecule has 0 aliphatic heterocycles. The molecule has 0 saturated carbocycles. The van der Waals surface area contributed by atoms with E-state index in [-0.39, 0.29) is 24.2 Å². The molecule has 1 heterocycles. The Balaban J connectivity index is 2.24. The van der Waals surface area contributed by atoms with E-state index in [9.17, 15) is 19.6 Å². The molecule has 10 heteroatoms. The van der Waals surface area contributed by atoms with Crippen LogP contribution in [0.1, 0.15) is 54.8 Å². The van der Waals surface area contributed by atoms with Crippen LogP contribution >= 0.6 is 8.18 Å². The Bertz CT molecular complexity index is 966. The van der Waals surface area contributed by atoms with Gasteiger partial charge in [-0.3, -0.25) is 9.78 Å². The van der Waals surface area contributed by atoms with E-state index in [2.05, 4.69) is 10.1 Å². The maximum absolute atomic E-state index is 12.3. The van der Waals surface area contributed by atoms with E-state index in [1.54, 1.807) is 39.0 Å². The van der Waals surface area contributed by atoms with E-state index >= 15 is 0 Å². The first-order valence-electron chi connectivity index (χ1n) is 9.81. The SMILES string of the molecule is Cc1ccc(O[P+](=O)N[C@@H](C)C(=O)OC(C)C)cc1C(N)c1c(CO)cnc(C)c1O. The summed E-state index contributed by atoms with van der Waals surface area (Å²) in [6.07, 6.45) is 1.19. The molecule has 1 aromatic heterocycles. The zero-order valence-corrected chi connectivity index (χ0v) is 19.1. The lowest BCUT2D eigenvalue weighted by Crippen LogP contribution is -2.33. The van der Waals surface area contributed by atoms with Gasteiger partial charge in [0.25, 0.3) is 0 Å². The number of carbonyl (C=O) groups is 1. The number of nitrogens with one attached hydrogen (secondary N) is 1. The molecule has 9 nitrogen and oxygen atoms in total. The van der Waals surface area contributed by atoms with Crippen molar-refractivity contribution in [2.24, 2.45) is 5.73 Å². The van der Waals surface area contributed by atoms with Crippen LogP contribution in [0.15, 0.2) is 24.4 Å². The van der Waals surface area contributed by atoms with Crippen LogP contribution in [-0.2, 0) is 20.7 Å². The maximum atomic E-state index is 12.3. The molecule has 0 saturated heterocycles. The van der Waals surface area contributed by atoms with Crippen molar-refractivity contribution in [1.82, 2.24) is 10.1 Å². The van der Waals surface area contributed by atoms with Gasteiger partial charge in [-0.15, -0.1) is 0 Å². The molecule has 2 unspecified atom stereocenters. The Morgan fingerprint density at radius 3 is 2.58 bits per heavy atom. The van der Waals surface area contributed by atoms with E-state index in [0.717, 1.165) is 5.56 Å². The lowest BCUT2D eigenvalue weighted by molar-refractivity contribution is -0.148. The van der Waals surface area contributed by atoms with Crippen LogP contribution < -0.4 is 15.3 Å². The molecule has 0 fully saturated rings. The monoisotopic (exact) mass is 450 g/mol. The van der Waals surface area contributed by atoms with Gasteiger partial charge in [0.05, 0.1) is 24.4 Å². The van der Waals surface area contributed by atoms with Gasteiger partial charge in [-0.1, -0.05) is 11.2 Å². The Kier molecular flexibility index (Phi) is 8.47. The second-order valence-corrected chi connectivity index (χ2v) is 8.43. The molecule has 2 aromatic rings. The second kappa shape index (κ2) is 10.6. The first kappa shape index (κ1) is 24.7. The number of hydrogen-bond acceptors (Lipinski definition) is 8. The first-order chi connectivity index (χ1) is 14.5. The minimum Gasteiger partial charge on any atom is -0.506 e. The Labute approximate surface area is 182 Å². The molecule has 1 aromatic carbocycles. The highest BCUT2D eigenvalue weighted by molar-refractivity contribution is 7.37. The van der Waals surface area contributed by atoms with Crippen molar-refractivity contribution in [2.45, 2.75) is 59.4 Å². The van der Waals surface area contributed by atoms with Crippen molar-refractivity contribution in [1.29, 1.82) is 0 Å². The van der Waals surface area contributed by atoms with Gasteiger partial charge >= 0.3 is 14.1 Å². The van der Waals surface area contributed by atoms with Crippen molar-refractivity contribution < 1.29 is 28.8 Å². The number of nitrogens with zero attached hydrogens (tertiary/aromatic N) is 1. The fourth-order valence-corrected chi connectivity index (χ4v) is 3.74. The van der Waals surface area contributed by atoms with Crippen LogP contribution in [0.2, 0.25) is 0 Å². The molecule has 168 valence electrons. The third kappa shape index (κ3) is 6.21. The van der Waals surface area contributed by atoms with Gasteiger partial charge in [-0.25, -0.2) is 4.52 Å². The molecule has 0 bridgehead atoms. The summed E-state index contributed by atoms with van der Waals surface area (Å²) in [5.41, 5.74) is 9.02. The summed E-state index contributed by atoms with van der Waals surface area (Å²) >= 11 is 0. The summed E-state index contributed by atoms with van der Waals surface area (Å²) in [6, 6.07) is 3.39. The number of aliphatic hydroxyl groups excluding tert-OH is 1. The van der Waals surface area contributed by atoms with Crippen molar-refractivity contribution in [3.8, 4) is 11.5 Å². The number of nitrogens with two attached hydrogens (primary N) is 1. The summed E-state index contributed by atoms with van der Waals surface area (Å²) in [5, 5.41) is 22.7. The number of pyridine rings is 1. The number of esters is 1. The molecule has 5 N–H and O–H groups in total. The minimum atomic E-state index is -2.41. The van der Waals surface area contributed by atoms with Crippen LogP contribution in [0.25, 0.3) is 0 Å². The molecule has 3 atom stereocenters. The number of aromatic hydroxyl groups is 1. The van der Waals surface area contributed by atoms with E-state index in [0.29, 0.717) is 22.4 Å². The number of aromatic nitrogens is 1. The van der Waals surface area contributed by atoms with Gasteiger partial charge in [0.2, 0.25) is 0 Å². The summed E-state index contributed by atoms with van der Waals surface area (Å²) in [5.74, 6) is -0.353. The van der Waals surface area contributed by atoms with Crippen LogP contribution in [-0.4, -0.2) is 33.3 Å². The largest absolute Gasteiger partial charge is 0.664 e. The average molecular weight is 450 g/mol. The van der Waals surface area contributed by atoms with Gasteiger partial charge in [-0.05, 0) is 57.9 Å². The second-order valence-electron chi connectivity index (χ2n) is 7.47. The van der Waals surface area contributed by atoms with Crippen LogP contribution in [0, 0.1) is 13.8 Å². The average Bonchev–Trinajstić information content (AvgIpc) is 2.70. The van der Waals surface area contributed by atoms with Gasteiger partial charge in [0.15, 0.2) is 5.75 Å². The van der Waals surface area contributed by atoms with Crippen molar-refractivity contribution in [2.75, 3.05) is 0 Å². The molecular weight excluding hydrogens is 421 g/mol. The van der Waals surface area contributed by atoms with E-state index in [4.69, 9.17) is 15.0 Å². The molecule has 0 amide bonds. The quantitative estimate of drug-likeness (QED) is 0.335. The standard InChI is InChI=1S/C21H28N3O6P/c1-11(2)29-21(27)14(5)24-31(28)30-16-7-6-12(3)17(8-16)19(22)18-15(10-25)9-23-13(4)20(18)26/h6-9,11,14,19,25H,10,22H2,1-5H3,(H-,24,26,28)/p+1/t14-,19?/m0/s1. The molecule has 2 rings (SSSR count). The highest BCUT2D eigenvalue weighted by atomic mass is 31.1.